The highest BCUT2D eigenvalue weighted by Crippen LogP contribution is 1.71. The van der Waals surface area contributed by atoms with E-state index in [1.54, 1.807) is 6.54 Å². The van der Waals surface area contributed by atoms with Crippen molar-refractivity contribution in [1.29, 1.82) is 5.41 Å². The van der Waals surface area contributed by atoms with Crippen molar-refractivity contribution in [2.45, 2.75) is 13.3 Å². The number of hydrogen-bond acceptors (Lipinski definition) is 2. The van der Waals surface area contributed by atoms with Crippen LogP contribution in [0.4, 0.5) is 0 Å². The second-order valence-corrected chi connectivity index (χ2v) is 1.30. The lowest BCUT2D eigenvalue weighted by Gasteiger charge is -2.01. The Morgan fingerprint density at radius 1 is 1.88 bits per heavy atom. The molecule has 8 heavy (non-hydrogen) atoms. The van der Waals surface area contributed by atoms with Crippen LogP contribution in [0.15, 0.2) is 0 Å². The Labute approximate surface area is 48.9 Å². The molecule has 0 aliphatic carbocycles. The van der Waals surface area contributed by atoms with Crippen LogP contribution in [0.25, 0.3) is 0 Å². The van der Waals surface area contributed by atoms with Gasteiger partial charge < -0.3 is 5.73 Å². The van der Waals surface area contributed by atoms with Gasteiger partial charge in [0.1, 0.15) is 0 Å². The van der Waals surface area contributed by atoms with E-state index >= 15 is 0 Å². The number of hydrazine groups is 1. The predicted molar refractivity (Wildman–Crippen MR) is 32.8 cm³/mol. The zero-order chi connectivity index (χ0) is 6.41. The molecular weight excluding hydrogens is 104 g/mol. The maximum absolute atomic E-state index is 6.66. The SMILES string of the molecule is CC[CH]NNC(=N)N. The van der Waals surface area contributed by atoms with Gasteiger partial charge in [-0.25, -0.2) is 5.43 Å². The molecule has 0 aromatic carbocycles. The third-order valence-electron chi connectivity index (χ3n) is 0.513. The van der Waals surface area contributed by atoms with E-state index in [-0.39, 0.29) is 5.96 Å². The molecule has 5 N–H and O–H groups in total. The van der Waals surface area contributed by atoms with Crippen molar-refractivity contribution < 1.29 is 0 Å². The molecule has 1 radical (unpaired) electrons. The monoisotopic (exact) mass is 115 g/mol. The third kappa shape index (κ3) is 5.23. The van der Waals surface area contributed by atoms with Gasteiger partial charge in [0.15, 0.2) is 5.96 Å². The van der Waals surface area contributed by atoms with Gasteiger partial charge in [-0.3, -0.25) is 10.8 Å². The van der Waals surface area contributed by atoms with E-state index in [1.807, 2.05) is 6.92 Å². The topological polar surface area (TPSA) is 73.9 Å². The first kappa shape index (κ1) is 7.23. The van der Waals surface area contributed by atoms with Crippen molar-refractivity contribution in [3.8, 4) is 0 Å². The van der Waals surface area contributed by atoms with Crippen molar-refractivity contribution in [1.82, 2.24) is 10.9 Å². The molecule has 0 aliphatic heterocycles. The average molecular weight is 115 g/mol. The summed E-state index contributed by atoms with van der Waals surface area (Å²) in [6.07, 6.45) is 0.903. The summed E-state index contributed by atoms with van der Waals surface area (Å²) in [4.78, 5) is 0. The largest absolute Gasteiger partial charge is 0.369 e. The highest BCUT2D eigenvalue weighted by Gasteiger charge is 1.81. The molecule has 0 heterocycles. The van der Waals surface area contributed by atoms with Crippen molar-refractivity contribution in [2.75, 3.05) is 0 Å². The van der Waals surface area contributed by atoms with Crippen LogP contribution in [-0.4, -0.2) is 5.96 Å². The summed E-state index contributed by atoms with van der Waals surface area (Å²) >= 11 is 0. The van der Waals surface area contributed by atoms with Crippen LogP contribution in [0.3, 0.4) is 0 Å². The molecule has 47 valence electrons. The zero-order valence-corrected chi connectivity index (χ0v) is 4.86. The predicted octanol–water partition coefficient (Wildman–Crippen LogP) is -0.454. The van der Waals surface area contributed by atoms with Crippen molar-refractivity contribution in [3.05, 3.63) is 6.54 Å². The highest BCUT2D eigenvalue weighted by atomic mass is 15.4. The lowest BCUT2D eigenvalue weighted by atomic mass is 10.5. The Morgan fingerprint density at radius 2 is 2.50 bits per heavy atom. The minimum atomic E-state index is -0.0744. The Kier molecular flexibility index (Phi) is 3.97. The van der Waals surface area contributed by atoms with Gasteiger partial charge in [0.2, 0.25) is 0 Å². The molecule has 0 unspecified atom stereocenters. The molecule has 4 heteroatoms. The fourth-order valence-corrected chi connectivity index (χ4v) is 0.231. The van der Waals surface area contributed by atoms with E-state index in [1.165, 1.54) is 0 Å². The Hall–Kier alpha value is -0.770. The molecule has 0 atom stereocenters. The second-order valence-electron chi connectivity index (χ2n) is 1.30. The third-order valence-corrected chi connectivity index (χ3v) is 0.513. The number of nitrogens with two attached hydrogens (primary N) is 1. The molecule has 0 spiro atoms. The number of rotatable bonds is 3. The first-order chi connectivity index (χ1) is 3.77. The molecule has 0 saturated heterocycles. The Bertz CT molecular complexity index is 70.4. The standard InChI is InChI=1S/C4H11N4/c1-2-3-7-8-4(5)6/h3,7H,2H2,1H3,(H4,5,6,8). The van der Waals surface area contributed by atoms with Gasteiger partial charge in [0.25, 0.3) is 0 Å². The molecule has 0 saturated carbocycles. The van der Waals surface area contributed by atoms with Crippen molar-refractivity contribution in [3.63, 3.8) is 0 Å². The molecule has 0 amide bonds. The second kappa shape index (κ2) is 4.39. The Morgan fingerprint density at radius 3 is 2.88 bits per heavy atom. The molecule has 4 nitrogen and oxygen atoms in total. The van der Waals surface area contributed by atoms with E-state index in [0.29, 0.717) is 0 Å². The van der Waals surface area contributed by atoms with Gasteiger partial charge in [-0.1, -0.05) is 6.92 Å². The minimum absolute atomic E-state index is 0.0744. The summed E-state index contributed by atoms with van der Waals surface area (Å²) in [5, 5.41) is 6.66. The van der Waals surface area contributed by atoms with Gasteiger partial charge in [0.05, 0.1) is 0 Å². The fraction of sp³-hybridized carbons (Fsp3) is 0.500. The molecule has 0 aromatic rings. The van der Waals surface area contributed by atoms with E-state index in [9.17, 15) is 0 Å². The summed E-state index contributed by atoms with van der Waals surface area (Å²) in [6, 6.07) is 0. The van der Waals surface area contributed by atoms with Crippen LogP contribution in [0.5, 0.6) is 0 Å². The summed E-state index contributed by atoms with van der Waals surface area (Å²) in [5.74, 6) is -0.0744. The first-order valence-corrected chi connectivity index (χ1v) is 2.44. The first-order valence-electron chi connectivity index (χ1n) is 2.44. The van der Waals surface area contributed by atoms with E-state index < -0.39 is 0 Å². The molecule has 0 rings (SSSR count). The van der Waals surface area contributed by atoms with Crippen molar-refractivity contribution in [2.24, 2.45) is 5.73 Å². The fourth-order valence-electron chi connectivity index (χ4n) is 0.231. The van der Waals surface area contributed by atoms with Gasteiger partial charge in [-0.05, 0) is 6.42 Å². The van der Waals surface area contributed by atoms with Crippen LogP contribution in [0.1, 0.15) is 13.3 Å². The summed E-state index contributed by atoms with van der Waals surface area (Å²) < 4.78 is 0. The highest BCUT2D eigenvalue weighted by molar-refractivity contribution is 5.73. The van der Waals surface area contributed by atoms with Crippen molar-refractivity contribution >= 4 is 5.96 Å². The van der Waals surface area contributed by atoms with E-state index in [4.69, 9.17) is 11.1 Å². The molecule has 0 bridgehead atoms. The maximum Gasteiger partial charge on any atom is 0.200 e. The van der Waals surface area contributed by atoms with Gasteiger partial charge in [-0.2, -0.15) is 0 Å². The van der Waals surface area contributed by atoms with Gasteiger partial charge in [0, 0.05) is 6.54 Å². The smallest absolute Gasteiger partial charge is 0.200 e. The van der Waals surface area contributed by atoms with Crippen LogP contribution in [0.2, 0.25) is 0 Å². The minimum Gasteiger partial charge on any atom is -0.369 e. The normalized spacial score (nSPS) is 8.62. The van der Waals surface area contributed by atoms with Crippen LogP contribution in [0, 0.1) is 12.0 Å². The quantitative estimate of drug-likeness (QED) is 0.174. The molecule has 0 fully saturated rings. The number of guanidine groups is 1. The molecule has 0 aromatic heterocycles. The van der Waals surface area contributed by atoms with Crippen LogP contribution >= 0.6 is 0 Å². The molecular formula is C4H11N4. The lowest BCUT2D eigenvalue weighted by molar-refractivity contribution is 0.715. The Balaban J connectivity index is 2.82. The van der Waals surface area contributed by atoms with Crippen LogP contribution < -0.4 is 16.6 Å². The van der Waals surface area contributed by atoms with Gasteiger partial charge in [-0.15, -0.1) is 0 Å². The summed E-state index contributed by atoms with van der Waals surface area (Å²) in [7, 11) is 0. The maximum atomic E-state index is 6.66. The van der Waals surface area contributed by atoms with E-state index in [2.05, 4.69) is 10.9 Å². The molecule has 0 aliphatic rings. The average Bonchev–Trinajstić information content (AvgIpc) is 1.66. The van der Waals surface area contributed by atoms with Crippen LogP contribution in [-0.2, 0) is 0 Å². The lowest BCUT2D eigenvalue weighted by Crippen LogP contribution is -2.39. The number of hydrogen-bond donors (Lipinski definition) is 4. The number of nitrogens with one attached hydrogen (secondary N) is 3. The summed E-state index contributed by atoms with van der Waals surface area (Å²) in [5.41, 5.74) is 9.93. The summed E-state index contributed by atoms with van der Waals surface area (Å²) in [6.45, 7) is 3.75. The zero-order valence-electron chi connectivity index (χ0n) is 4.86. The van der Waals surface area contributed by atoms with Gasteiger partial charge >= 0.3 is 0 Å². The van der Waals surface area contributed by atoms with E-state index in [0.717, 1.165) is 6.42 Å².